The van der Waals surface area contributed by atoms with Crippen LogP contribution in [-0.2, 0) is 18.8 Å². The van der Waals surface area contributed by atoms with Crippen LogP contribution in [0.25, 0.3) is 0 Å². The van der Waals surface area contributed by atoms with Crippen molar-refractivity contribution in [3.63, 3.8) is 0 Å². The van der Waals surface area contributed by atoms with Gasteiger partial charge in [0.25, 0.3) is 0 Å². The van der Waals surface area contributed by atoms with Crippen molar-refractivity contribution in [1.82, 2.24) is 0 Å². The van der Waals surface area contributed by atoms with Crippen LogP contribution in [0.4, 0.5) is 0 Å². The van der Waals surface area contributed by atoms with Crippen LogP contribution in [0.15, 0.2) is 24.3 Å². The molecule has 0 N–H and O–H groups in total. The number of ether oxygens (including phenoxy) is 1. The molecule has 5 heteroatoms. The van der Waals surface area contributed by atoms with Crippen molar-refractivity contribution in [1.29, 1.82) is 0 Å². The molecule has 0 bridgehead atoms. The minimum absolute atomic E-state index is 0.133. The highest BCUT2D eigenvalue weighted by Gasteiger charge is 2.39. The zero-order valence-corrected chi connectivity index (χ0v) is 25.2. The summed E-state index contributed by atoms with van der Waals surface area (Å²) < 4.78 is 11.6. The van der Waals surface area contributed by atoms with Crippen LogP contribution in [0.5, 0.6) is 0 Å². The van der Waals surface area contributed by atoms with Gasteiger partial charge in [0.2, 0.25) is 0 Å². The van der Waals surface area contributed by atoms with Gasteiger partial charge in [0.15, 0.2) is 8.32 Å². The average molecular weight is 517 g/mol. The summed E-state index contributed by atoms with van der Waals surface area (Å²) in [6, 6.07) is 9.07. The average Bonchev–Trinajstić information content (AvgIpc) is 3.20. The maximum Gasteiger partial charge on any atom is 0.305 e. The van der Waals surface area contributed by atoms with Crippen LogP contribution in [0.1, 0.15) is 128 Å². The predicted octanol–water partition coefficient (Wildman–Crippen LogP) is 8.91. The van der Waals surface area contributed by atoms with Crippen molar-refractivity contribution in [2.45, 2.75) is 135 Å². The Morgan fingerprint density at radius 3 is 2.31 bits per heavy atom. The summed E-state index contributed by atoms with van der Waals surface area (Å²) in [5, 5.41) is 0.187. The standard InChI is InChI=1S/C31H52O4Si/c1-8-9-12-16-29(35-36(6,7)31(2,3)4)25-20-18-24(19-21-25)26-22-23-28(32)27(26)15-13-10-11-14-17-30(33)34-5/h18-21,26-27,29H,8-17,22-23H2,1-7H3/t26?,27?,29-/m1/s1. The quantitative estimate of drug-likeness (QED) is 0.133. The normalized spacial score (nSPS) is 19.5. The molecular weight excluding hydrogens is 464 g/mol. The Labute approximate surface area is 222 Å². The number of methoxy groups -OCH3 is 1. The molecule has 4 nitrogen and oxygen atoms in total. The fraction of sp³-hybridized carbons (Fsp3) is 0.742. The van der Waals surface area contributed by atoms with E-state index in [0.29, 0.717) is 24.5 Å². The summed E-state index contributed by atoms with van der Waals surface area (Å²) in [6.45, 7) is 13.9. The third kappa shape index (κ3) is 9.13. The van der Waals surface area contributed by atoms with Crippen LogP contribution in [0, 0.1) is 5.92 Å². The van der Waals surface area contributed by atoms with Gasteiger partial charge in [0.1, 0.15) is 5.78 Å². The van der Waals surface area contributed by atoms with E-state index < -0.39 is 8.32 Å². The van der Waals surface area contributed by atoms with Gasteiger partial charge < -0.3 is 9.16 Å². The number of carbonyl (C=O) groups is 2. The fourth-order valence-corrected chi connectivity index (χ4v) is 6.44. The van der Waals surface area contributed by atoms with E-state index in [-0.39, 0.29) is 23.0 Å². The molecule has 0 spiro atoms. The van der Waals surface area contributed by atoms with Gasteiger partial charge >= 0.3 is 5.97 Å². The third-order valence-corrected chi connectivity index (χ3v) is 13.0. The zero-order valence-electron chi connectivity index (χ0n) is 24.2. The molecular formula is C31H52O4Si. The number of hydrogen-bond donors (Lipinski definition) is 0. The number of ketones is 1. The summed E-state index contributed by atoms with van der Waals surface area (Å²) in [5.41, 5.74) is 2.59. The highest BCUT2D eigenvalue weighted by atomic mass is 28.4. The highest BCUT2D eigenvalue weighted by Crippen LogP contribution is 2.43. The number of esters is 1. The topological polar surface area (TPSA) is 52.6 Å². The summed E-state index contributed by atoms with van der Waals surface area (Å²) in [5.74, 6) is 0.769. The van der Waals surface area contributed by atoms with Gasteiger partial charge in [-0.3, -0.25) is 9.59 Å². The number of hydrogen-bond acceptors (Lipinski definition) is 4. The van der Waals surface area contributed by atoms with Crippen molar-refractivity contribution < 1.29 is 18.8 Å². The molecule has 1 fully saturated rings. The SMILES string of the molecule is CCCCC[C@@H](O[Si](C)(C)C(C)(C)C)c1ccc(C2CCC(=O)C2CCCCCCC(=O)OC)cc1. The highest BCUT2D eigenvalue weighted by molar-refractivity contribution is 6.74. The summed E-state index contributed by atoms with van der Waals surface area (Å²) >= 11 is 0. The summed E-state index contributed by atoms with van der Waals surface area (Å²) in [6.07, 6.45) is 12.0. The van der Waals surface area contributed by atoms with Gasteiger partial charge in [0, 0.05) is 18.8 Å². The Morgan fingerprint density at radius 1 is 1.03 bits per heavy atom. The maximum absolute atomic E-state index is 12.7. The Hall–Kier alpha value is -1.46. The zero-order chi connectivity index (χ0) is 26.8. The van der Waals surface area contributed by atoms with Crippen molar-refractivity contribution in [2.75, 3.05) is 7.11 Å². The van der Waals surface area contributed by atoms with Crippen LogP contribution in [0.2, 0.25) is 18.1 Å². The first kappa shape index (κ1) is 30.8. The second-order valence-electron chi connectivity index (χ2n) is 12.3. The molecule has 0 radical (unpaired) electrons. The van der Waals surface area contributed by atoms with Gasteiger partial charge in [-0.25, -0.2) is 0 Å². The number of carbonyl (C=O) groups excluding carboxylic acids is 2. The molecule has 1 aliphatic rings. The van der Waals surface area contributed by atoms with Crippen LogP contribution in [0.3, 0.4) is 0 Å². The molecule has 2 unspecified atom stereocenters. The summed E-state index contributed by atoms with van der Waals surface area (Å²) in [4.78, 5) is 24.0. The van der Waals surface area contributed by atoms with Gasteiger partial charge in [-0.05, 0) is 60.9 Å². The van der Waals surface area contributed by atoms with Crippen molar-refractivity contribution in [3.05, 3.63) is 35.4 Å². The molecule has 0 aromatic heterocycles. The minimum atomic E-state index is -1.87. The van der Waals surface area contributed by atoms with Gasteiger partial charge in [0.05, 0.1) is 13.2 Å². The number of Topliss-reactive ketones (excluding diaryl/α,β-unsaturated/α-hetero) is 1. The van der Waals surface area contributed by atoms with E-state index in [1.165, 1.54) is 37.5 Å². The van der Waals surface area contributed by atoms with Crippen LogP contribution < -0.4 is 0 Å². The smallest absolute Gasteiger partial charge is 0.305 e. The van der Waals surface area contributed by atoms with Crippen LogP contribution in [-0.4, -0.2) is 27.2 Å². The molecule has 204 valence electrons. The molecule has 1 aromatic rings. The first-order valence-corrected chi connectivity index (χ1v) is 17.3. The summed E-state index contributed by atoms with van der Waals surface area (Å²) in [7, 11) is -0.435. The lowest BCUT2D eigenvalue weighted by Gasteiger charge is -2.39. The molecule has 0 heterocycles. The minimum Gasteiger partial charge on any atom is -0.469 e. The maximum atomic E-state index is 12.7. The lowest BCUT2D eigenvalue weighted by Crippen LogP contribution is -2.41. The number of rotatable bonds is 15. The molecule has 1 saturated carbocycles. The van der Waals surface area contributed by atoms with Gasteiger partial charge in [-0.15, -0.1) is 0 Å². The second kappa shape index (κ2) is 14.5. The molecule has 3 atom stereocenters. The Balaban J connectivity index is 2.02. The van der Waals surface area contributed by atoms with E-state index in [9.17, 15) is 9.59 Å². The molecule has 2 rings (SSSR count). The number of unbranched alkanes of at least 4 members (excludes halogenated alkanes) is 5. The first-order chi connectivity index (χ1) is 17.0. The molecule has 0 amide bonds. The number of benzene rings is 1. The second-order valence-corrected chi connectivity index (χ2v) is 17.0. The van der Waals surface area contributed by atoms with E-state index in [4.69, 9.17) is 9.16 Å². The van der Waals surface area contributed by atoms with E-state index in [2.05, 4.69) is 65.1 Å². The fourth-order valence-electron chi connectivity index (χ4n) is 5.12. The molecule has 36 heavy (non-hydrogen) atoms. The molecule has 1 aromatic carbocycles. The lowest BCUT2D eigenvalue weighted by atomic mass is 9.84. The first-order valence-electron chi connectivity index (χ1n) is 14.4. The predicted molar refractivity (Wildman–Crippen MR) is 152 cm³/mol. The molecule has 0 saturated heterocycles. The van der Waals surface area contributed by atoms with Crippen molar-refractivity contribution >= 4 is 20.1 Å². The Morgan fingerprint density at radius 2 is 1.69 bits per heavy atom. The largest absolute Gasteiger partial charge is 0.469 e. The Kier molecular flexibility index (Phi) is 12.4. The monoisotopic (exact) mass is 516 g/mol. The van der Waals surface area contributed by atoms with Crippen molar-refractivity contribution in [2.24, 2.45) is 5.92 Å². The third-order valence-electron chi connectivity index (χ3n) is 8.52. The van der Waals surface area contributed by atoms with Gasteiger partial charge in [-0.2, -0.15) is 0 Å². The van der Waals surface area contributed by atoms with E-state index in [1.807, 2.05) is 0 Å². The van der Waals surface area contributed by atoms with Gasteiger partial charge in [-0.1, -0.05) is 90.5 Å². The van der Waals surface area contributed by atoms with Crippen LogP contribution >= 0.6 is 0 Å². The van der Waals surface area contributed by atoms with E-state index in [1.54, 1.807) is 0 Å². The van der Waals surface area contributed by atoms with Crippen molar-refractivity contribution in [3.8, 4) is 0 Å². The molecule has 1 aliphatic carbocycles. The van der Waals surface area contributed by atoms with E-state index in [0.717, 1.165) is 44.9 Å². The Bertz CT molecular complexity index is 809. The molecule has 0 aliphatic heterocycles. The van der Waals surface area contributed by atoms with E-state index >= 15 is 0 Å². The lowest BCUT2D eigenvalue weighted by molar-refractivity contribution is -0.140.